The quantitative estimate of drug-likeness (QED) is 0.668. The predicted octanol–water partition coefficient (Wildman–Crippen LogP) is 4.44. The number of carboxylic acid groups (broad SMARTS) is 1. The first-order valence-corrected chi connectivity index (χ1v) is 7.21. The topological polar surface area (TPSA) is 51.5 Å². The molecule has 1 aromatic heterocycles. The summed E-state index contributed by atoms with van der Waals surface area (Å²) < 4.78 is 42.5. The second-order valence-electron chi connectivity index (χ2n) is 3.88. The van der Waals surface area contributed by atoms with Crippen LogP contribution >= 0.6 is 38.5 Å². The molecule has 1 aromatic carbocycles. The molecule has 0 saturated heterocycles. The lowest BCUT2D eigenvalue weighted by Crippen LogP contribution is -2.17. The van der Waals surface area contributed by atoms with Crippen molar-refractivity contribution in [2.45, 2.75) is 6.36 Å². The van der Waals surface area contributed by atoms with Crippen LogP contribution in [0.15, 0.2) is 34.9 Å². The lowest BCUT2D eigenvalue weighted by molar-refractivity contribution is -0.274. The summed E-state index contributed by atoms with van der Waals surface area (Å²) >= 11 is 4.93. The van der Waals surface area contributed by atoms with Gasteiger partial charge >= 0.3 is 12.3 Å². The van der Waals surface area contributed by atoms with Gasteiger partial charge in [0.25, 0.3) is 0 Å². The molecule has 21 heavy (non-hydrogen) atoms. The molecule has 9 heteroatoms. The van der Waals surface area contributed by atoms with Gasteiger partial charge in [0.1, 0.15) is 11.4 Å². The van der Waals surface area contributed by atoms with Crippen LogP contribution < -0.4 is 4.74 Å². The standard InChI is InChI=1S/C12H6BrF3INO3/c13-8-4-7(1-2-10(8)21-12(14,15)16)18-5-6(17)3-9(18)11(19)20/h1-5H,(H,19,20). The number of alkyl halides is 3. The molecule has 0 atom stereocenters. The number of carboxylic acids is 1. The van der Waals surface area contributed by atoms with Crippen molar-refractivity contribution in [3.8, 4) is 11.4 Å². The van der Waals surface area contributed by atoms with E-state index in [2.05, 4.69) is 20.7 Å². The number of hydrogen-bond donors (Lipinski definition) is 1. The Hall–Kier alpha value is -1.23. The van der Waals surface area contributed by atoms with Gasteiger partial charge in [0.15, 0.2) is 0 Å². The predicted molar refractivity (Wildman–Crippen MR) is 79.8 cm³/mol. The Morgan fingerprint density at radius 2 is 2.00 bits per heavy atom. The number of rotatable bonds is 3. The Kier molecular flexibility index (Phi) is 4.51. The van der Waals surface area contributed by atoms with Gasteiger partial charge in [-0.15, -0.1) is 13.2 Å². The number of aromatic carboxylic acids is 1. The number of nitrogens with zero attached hydrogens (tertiary/aromatic N) is 1. The van der Waals surface area contributed by atoms with Gasteiger partial charge in [-0.2, -0.15) is 0 Å². The minimum absolute atomic E-state index is 0.00999. The number of hydrogen-bond acceptors (Lipinski definition) is 2. The van der Waals surface area contributed by atoms with Crippen molar-refractivity contribution in [2.24, 2.45) is 0 Å². The normalized spacial score (nSPS) is 11.5. The van der Waals surface area contributed by atoms with Crippen molar-refractivity contribution in [1.82, 2.24) is 4.57 Å². The number of carbonyl (C=O) groups is 1. The highest BCUT2D eigenvalue weighted by Crippen LogP contribution is 2.32. The molecule has 0 fully saturated rings. The van der Waals surface area contributed by atoms with Crippen LogP contribution in [0.3, 0.4) is 0 Å². The maximum absolute atomic E-state index is 12.2. The Morgan fingerprint density at radius 3 is 2.52 bits per heavy atom. The summed E-state index contributed by atoms with van der Waals surface area (Å²) in [5.74, 6) is -1.53. The molecule has 1 heterocycles. The Bertz CT molecular complexity index is 700. The fourth-order valence-electron chi connectivity index (χ4n) is 1.66. The van der Waals surface area contributed by atoms with Crippen molar-refractivity contribution < 1.29 is 27.8 Å². The van der Waals surface area contributed by atoms with E-state index < -0.39 is 18.1 Å². The number of benzene rings is 1. The molecular weight excluding hydrogens is 470 g/mol. The van der Waals surface area contributed by atoms with Crippen molar-refractivity contribution in [1.29, 1.82) is 0 Å². The third kappa shape index (κ3) is 3.90. The summed E-state index contributed by atoms with van der Waals surface area (Å²) in [5, 5.41) is 9.11. The van der Waals surface area contributed by atoms with Crippen molar-refractivity contribution in [3.63, 3.8) is 0 Å². The first-order chi connectivity index (χ1) is 9.67. The minimum atomic E-state index is -4.79. The molecule has 0 saturated carbocycles. The molecule has 4 nitrogen and oxygen atoms in total. The Labute approximate surface area is 138 Å². The highest BCUT2D eigenvalue weighted by atomic mass is 127. The fourth-order valence-corrected chi connectivity index (χ4v) is 2.68. The van der Waals surface area contributed by atoms with Gasteiger partial charge in [-0.3, -0.25) is 0 Å². The van der Waals surface area contributed by atoms with Gasteiger partial charge in [-0.25, -0.2) is 4.79 Å². The van der Waals surface area contributed by atoms with E-state index in [-0.39, 0.29) is 10.2 Å². The monoisotopic (exact) mass is 475 g/mol. The van der Waals surface area contributed by atoms with E-state index in [0.29, 0.717) is 9.26 Å². The third-order valence-corrected chi connectivity index (χ3v) is 3.63. The third-order valence-electron chi connectivity index (χ3n) is 2.43. The maximum atomic E-state index is 12.2. The highest BCUT2D eigenvalue weighted by molar-refractivity contribution is 14.1. The summed E-state index contributed by atoms with van der Waals surface area (Å²) in [6.07, 6.45) is -3.23. The smallest absolute Gasteiger partial charge is 0.477 e. The second kappa shape index (κ2) is 5.87. The average Bonchev–Trinajstić information content (AvgIpc) is 2.72. The van der Waals surface area contributed by atoms with Crippen LogP contribution in [0.25, 0.3) is 5.69 Å². The van der Waals surface area contributed by atoms with Crippen LogP contribution in [0.2, 0.25) is 0 Å². The number of ether oxygens (including phenoxy) is 1. The Morgan fingerprint density at radius 1 is 1.33 bits per heavy atom. The maximum Gasteiger partial charge on any atom is 0.573 e. The van der Waals surface area contributed by atoms with Crippen molar-refractivity contribution in [2.75, 3.05) is 0 Å². The van der Waals surface area contributed by atoms with Gasteiger partial charge in [0.2, 0.25) is 0 Å². The van der Waals surface area contributed by atoms with Crippen LogP contribution in [-0.4, -0.2) is 22.0 Å². The molecule has 1 N–H and O–H groups in total. The highest BCUT2D eigenvalue weighted by Gasteiger charge is 2.32. The first kappa shape index (κ1) is 16.1. The van der Waals surface area contributed by atoms with E-state index in [1.165, 1.54) is 22.8 Å². The van der Waals surface area contributed by atoms with Gasteiger partial charge in [-0.05, 0) is 62.8 Å². The number of aromatic nitrogens is 1. The van der Waals surface area contributed by atoms with Gasteiger partial charge < -0.3 is 14.4 Å². The lowest BCUT2D eigenvalue weighted by atomic mass is 10.3. The zero-order chi connectivity index (χ0) is 15.8. The van der Waals surface area contributed by atoms with Gasteiger partial charge in [0.05, 0.1) is 4.47 Å². The summed E-state index contributed by atoms with van der Waals surface area (Å²) in [6.45, 7) is 0. The van der Waals surface area contributed by atoms with Crippen molar-refractivity contribution in [3.05, 3.63) is 44.2 Å². The van der Waals surface area contributed by atoms with E-state index in [1.807, 2.05) is 22.6 Å². The van der Waals surface area contributed by atoms with E-state index in [4.69, 9.17) is 5.11 Å². The average molecular weight is 476 g/mol. The second-order valence-corrected chi connectivity index (χ2v) is 5.98. The van der Waals surface area contributed by atoms with Crippen LogP contribution in [0.5, 0.6) is 5.75 Å². The molecule has 0 aliphatic heterocycles. The van der Waals surface area contributed by atoms with E-state index in [9.17, 15) is 18.0 Å². The molecule has 112 valence electrons. The fraction of sp³-hybridized carbons (Fsp3) is 0.0833. The lowest BCUT2D eigenvalue weighted by Gasteiger charge is -2.12. The molecule has 0 unspecified atom stereocenters. The molecule has 0 aliphatic rings. The molecule has 0 radical (unpaired) electrons. The SMILES string of the molecule is O=C(O)c1cc(I)cn1-c1ccc(OC(F)(F)F)c(Br)c1. The number of halogens is 5. The summed E-state index contributed by atoms with van der Waals surface area (Å²) in [6, 6.07) is 5.26. The Balaban J connectivity index is 2.43. The molecule has 2 aromatic rings. The van der Waals surface area contributed by atoms with Crippen molar-refractivity contribution >= 4 is 44.5 Å². The summed E-state index contributed by atoms with van der Waals surface area (Å²) in [7, 11) is 0. The summed E-state index contributed by atoms with van der Waals surface area (Å²) in [5.41, 5.74) is 0.410. The van der Waals surface area contributed by atoms with Crippen LogP contribution in [0.1, 0.15) is 10.5 Å². The molecular formula is C12H6BrF3INO3. The molecule has 0 aliphatic carbocycles. The first-order valence-electron chi connectivity index (χ1n) is 5.34. The zero-order valence-corrected chi connectivity index (χ0v) is 13.7. The van der Waals surface area contributed by atoms with E-state index >= 15 is 0 Å². The van der Waals surface area contributed by atoms with Gasteiger partial charge in [0, 0.05) is 15.5 Å². The molecule has 2 rings (SSSR count). The van der Waals surface area contributed by atoms with Crippen LogP contribution in [0, 0.1) is 3.57 Å². The van der Waals surface area contributed by atoms with E-state index in [1.54, 1.807) is 6.20 Å². The molecule has 0 spiro atoms. The largest absolute Gasteiger partial charge is 0.573 e. The summed E-state index contributed by atoms with van der Waals surface area (Å²) in [4.78, 5) is 11.1. The van der Waals surface area contributed by atoms with Crippen LogP contribution in [0.4, 0.5) is 13.2 Å². The van der Waals surface area contributed by atoms with Crippen LogP contribution in [-0.2, 0) is 0 Å². The van der Waals surface area contributed by atoms with E-state index in [0.717, 1.165) is 6.07 Å². The minimum Gasteiger partial charge on any atom is -0.477 e. The zero-order valence-electron chi connectivity index (χ0n) is 9.99. The molecule has 0 bridgehead atoms. The van der Waals surface area contributed by atoms with Gasteiger partial charge in [-0.1, -0.05) is 0 Å². The molecule has 0 amide bonds.